The molecule has 1 N–H and O–H groups in total. The minimum absolute atomic E-state index is 0.365. The minimum Gasteiger partial charge on any atom is -0.676 e. The van der Waals surface area contributed by atoms with E-state index in [1.807, 2.05) is 0 Å². The van der Waals surface area contributed by atoms with Crippen LogP contribution in [0.2, 0.25) is 0 Å². The highest BCUT2D eigenvalue weighted by molar-refractivity contribution is 5.23. The molecule has 0 aromatic rings. The van der Waals surface area contributed by atoms with Gasteiger partial charge in [-0.15, -0.1) is 6.54 Å². The van der Waals surface area contributed by atoms with Gasteiger partial charge in [0, 0.05) is 6.54 Å². The number of nitrogens with one attached hydrogen (secondary N) is 1. The maximum Gasteiger partial charge on any atom is 0.0192 e. The molecule has 0 heterocycles. The van der Waals surface area contributed by atoms with Crippen LogP contribution in [0.15, 0.2) is 4.99 Å². The van der Waals surface area contributed by atoms with Crippen LogP contribution < -0.4 is 0 Å². The highest BCUT2D eigenvalue weighted by Crippen LogP contribution is 1.61. The molecule has 0 aliphatic carbocycles. The monoisotopic (exact) mass is 71.1 g/mol. The van der Waals surface area contributed by atoms with Crippen LogP contribution >= 0.6 is 0 Å². The fourth-order valence-corrected chi connectivity index (χ4v) is 0.0791. The van der Waals surface area contributed by atoms with Gasteiger partial charge in [-0.3, -0.25) is 0 Å². The minimum atomic E-state index is 0.365. The first kappa shape index (κ1) is 4.63. The summed E-state index contributed by atoms with van der Waals surface area (Å²) in [6.45, 7) is 4.11. The van der Waals surface area contributed by atoms with Crippen LogP contribution in [0.25, 0.3) is 5.73 Å². The molecule has 0 amide bonds. The second-order valence-corrected chi connectivity index (χ2v) is 0.697. The molecule has 0 bridgehead atoms. The van der Waals surface area contributed by atoms with E-state index in [0.29, 0.717) is 13.1 Å². The van der Waals surface area contributed by atoms with E-state index in [-0.39, 0.29) is 0 Å². The van der Waals surface area contributed by atoms with Gasteiger partial charge < -0.3 is 10.7 Å². The molecular weight excluding hydrogens is 64.0 g/mol. The number of nitrogens with zero attached hydrogens (tertiary/aromatic N) is 1. The van der Waals surface area contributed by atoms with Gasteiger partial charge in [-0.25, -0.2) is 0 Å². The Hall–Kier alpha value is -0.370. The lowest BCUT2D eigenvalue weighted by atomic mass is 10.7. The first-order valence-electron chi connectivity index (χ1n) is 1.49. The second kappa shape index (κ2) is 3.63. The smallest absolute Gasteiger partial charge is 0.0192 e. The molecule has 30 valence electrons. The van der Waals surface area contributed by atoms with Gasteiger partial charge in [-0.1, -0.05) is 0 Å². The molecule has 0 rings (SSSR count). The second-order valence-electron chi connectivity index (χ2n) is 0.697. The Morgan fingerprint density at radius 2 is 2.40 bits per heavy atom. The van der Waals surface area contributed by atoms with Crippen molar-refractivity contribution in [2.45, 2.75) is 0 Å². The van der Waals surface area contributed by atoms with E-state index >= 15 is 0 Å². The van der Waals surface area contributed by atoms with Crippen LogP contribution in [0.3, 0.4) is 0 Å². The van der Waals surface area contributed by atoms with Crippen molar-refractivity contribution in [3.63, 3.8) is 0 Å². The molecule has 0 atom stereocenters. The molecular formula is C3H7N2-. The Bertz CT molecular complexity index is 26.1. The Balaban J connectivity index is 2.40. The van der Waals surface area contributed by atoms with Crippen LogP contribution in [0, 0.1) is 0 Å². The topological polar surface area (TPSA) is 36.2 Å². The lowest BCUT2D eigenvalue weighted by molar-refractivity contribution is 1.10. The van der Waals surface area contributed by atoms with Crippen LogP contribution in [0.5, 0.6) is 0 Å². The zero-order valence-corrected chi connectivity index (χ0v) is 3.07. The lowest BCUT2D eigenvalue weighted by Crippen LogP contribution is -1.76. The van der Waals surface area contributed by atoms with E-state index in [9.17, 15) is 0 Å². The van der Waals surface area contributed by atoms with Gasteiger partial charge in [0.25, 0.3) is 0 Å². The Morgan fingerprint density at radius 3 is 2.40 bits per heavy atom. The Kier molecular flexibility index (Phi) is 3.36. The first-order valence-corrected chi connectivity index (χ1v) is 1.49. The summed E-state index contributed by atoms with van der Waals surface area (Å²) in [5, 5.41) is 0. The zero-order valence-electron chi connectivity index (χ0n) is 3.07. The molecule has 0 spiro atoms. The standard InChI is InChI=1S/C3H7N2/c1-5-3-2-4/h4H,1-3H2/q-1. The summed E-state index contributed by atoms with van der Waals surface area (Å²) >= 11 is 0. The third-order valence-electron chi connectivity index (χ3n) is 0.270. The molecule has 0 saturated heterocycles. The summed E-state index contributed by atoms with van der Waals surface area (Å²) in [6.07, 6.45) is 0. The maximum absolute atomic E-state index is 6.47. The van der Waals surface area contributed by atoms with Crippen LogP contribution in [0.1, 0.15) is 0 Å². The van der Waals surface area contributed by atoms with Gasteiger partial charge >= 0.3 is 0 Å². The van der Waals surface area contributed by atoms with E-state index in [1.165, 1.54) is 0 Å². The summed E-state index contributed by atoms with van der Waals surface area (Å²) in [5.74, 6) is 0. The van der Waals surface area contributed by atoms with Crippen molar-refractivity contribution < 1.29 is 0 Å². The van der Waals surface area contributed by atoms with Gasteiger partial charge in [-0.05, 0) is 6.72 Å². The van der Waals surface area contributed by atoms with E-state index in [4.69, 9.17) is 5.73 Å². The predicted octanol–water partition coefficient (Wildman–Crippen LogP) is 0.739. The highest BCUT2D eigenvalue weighted by atomic mass is 14.7. The first-order chi connectivity index (χ1) is 2.41. The molecule has 0 radical (unpaired) electrons. The summed E-state index contributed by atoms with van der Waals surface area (Å²) in [5.41, 5.74) is 6.47. The fraction of sp³-hybridized carbons (Fsp3) is 0.667. The molecule has 0 saturated carbocycles. The largest absolute Gasteiger partial charge is 0.676 e. The molecule has 0 aliphatic rings. The quantitative estimate of drug-likeness (QED) is 0.430. The number of aliphatic imine (C=N–C) groups is 1. The third-order valence-corrected chi connectivity index (χ3v) is 0.270. The van der Waals surface area contributed by atoms with Crippen molar-refractivity contribution in [1.29, 1.82) is 0 Å². The highest BCUT2D eigenvalue weighted by Gasteiger charge is 1.52. The van der Waals surface area contributed by atoms with E-state index in [0.717, 1.165) is 0 Å². The SMILES string of the molecule is C=NCC[NH-]. The van der Waals surface area contributed by atoms with Gasteiger partial charge in [0.05, 0.1) is 0 Å². The van der Waals surface area contributed by atoms with Gasteiger partial charge in [0.2, 0.25) is 0 Å². The van der Waals surface area contributed by atoms with Gasteiger partial charge in [-0.2, -0.15) is 0 Å². The Morgan fingerprint density at radius 1 is 1.80 bits per heavy atom. The Labute approximate surface area is 31.7 Å². The van der Waals surface area contributed by atoms with Gasteiger partial charge in [0.1, 0.15) is 0 Å². The fourth-order valence-electron chi connectivity index (χ4n) is 0.0791. The average Bonchev–Trinajstić information content (AvgIpc) is 1.41. The van der Waals surface area contributed by atoms with Crippen LogP contribution in [-0.2, 0) is 0 Å². The summed E-state index contributed by atoms with van der Waals surface area (Å²) < 4.78 is 0. The molecule has 5 heavy (non-hydrogen) atoms. The molecule has 2 nitrogen and oxygen atoms in total. The van der Waals surface area contributed by atoms with Crippen molar-refractivity contribution in [2.24, 2.45) is 4.99 Å². The number of rotatable bonds is 2. The molecule has 0 aliphatic heterocycles. The average molecular weight is 71.1 g/mol. The molecule has 0 fully saturated rings. The molecule has 0 aromatic carbocycles. The van der Waals surface area contributed by atoms with Crippen molar-refractivity contribution in [2.75, 3.05) is 13.1 Å². The molecule has 0 unspecified atom stereocenters. The lowest BCUT2D eigenvalue weighted by Gasteiger charge is -1.87. The maximum atomic E-state index is 6.47. The zero-order chi connectivity index (χ0) is 4.12. The van der Waals surface area contributed by atoms with E-state index < -0.39 is 0 Å². The number of hydrogen-bond donors (Lipinski definition) is 0. The van der Waals surface area contributed by atoms with Crippen LogP contribution in [0.4, 0.5) is 0 Å². The summed E-state index contributed by atoms with van der Waals surface area (Å²) in [4.78, 5) is 3.42. The predicted molar refractivity (Wildman–Crippen MR) is 23.6 cm³/mol. The molecule has 2 heteroatoms. The third kappa shape index (κ3) is 3.63. The normalized spacial score (nSPS) is 7.40. The number of hydrogen-bond acceptors (Lipinski definition) is 1. The van der Waals surface area contributed by atoms with Crippen molar-refractivity contribution in [1.82, 2.24) is 0 Å². The van der Waals surface area contributed by atoms with E-state index in [1.54, 1.807) is 0 Å². The van der Waals surface area contributed by atoms with Gasteiger partial charge in [0.15, 0.2) is 0 Å². The molecule has 0 aromatic heterocycles. The van der Waals surface area contributed by atoms with Crippen molar-refractivity contribution in [3.8, 4) is 0 Å². The van der Waals surface area contributed by atoms with E-state index in [2.05, 4.69) is 11.7 Å². The van der Waals surface area contributed by atoms with Crippen LogP contribution in [-0.4, -0.2) is 19.8 Å². The van der Waals surface area contributed by atoms with Crippen molar-refractivity contribution >= 4 is 6.72 Å². The van der Waals surface area contributed by atoms with Crippen molar-refractivity contribution in [3.05, 3.63) is 5.73 Å². The summed E-state index contributed by atoms with van der Waals surface area (Å²) in [7, 11) is 0. The summed E-state index contributed by atoms with van der Waals surface area (Å²) in [6, 6.07) is 0.